The number of likely N-dealkylation sites (tertiary alicyclic amines) is 1. The van der Waals surface area contributed by atoms with Gasteiger partial charge in [-0.15, -0.1) is 11.3 Å². The molecule has 0 spiro atoms. The molecule has 1 aliphatic rings. The number of fused-ring (bicyclic) bond motifs is 1. The molecule has 0 saturated carbocycles. The number of hydrogen-bond acceptors (Lipinski definition) is 4. The molecule has 0 amide bonds. The lowest BCUT2D eigenvalue weighted by Crippen LogP contribution is -2.37. The molecule has 0 unspecified atom stereocenters. The van der Waals surface area contributed by atoms with Crippen molar-refractivity contribution in [2.24, 2.45) is 0 Å². The first-order valence-corrected chi connectivity index (χ1v) is 11.1. The van der Waals surface area contributed by atoms with Gasteiger partial charge in [0.2, 0.25) is 0 Å². The molecule has 3 aromatic rings. The molecule has 1 aliphatic heterocycles. The fraction of sp³-hybridized carbons (Fsp3) is 0.478. The molecule has 5 heteroatoms. The second kappa shape index (κ2) is 7.80. The Morgan fingerprint density at radius 3 is 2.46 bits per heavy atom. The topological polar surface area (TPSA) is 38.1 Å². The Balaban J connectivity index is 1.94. The van der Waals surface area contributed by atoms with Gasteiger partial charge in [-0.1, -0.05) is 36.8 Å². The minimum atomic E-state index is 0.155. The van der Waals surface area contributed by atoms with E-state index < -0.39 is 0 Å². The van der Waals surface area contributed by atoms with E-state index in [1.54, 1.807) is 11.3 Å². The lowest BCUT2D eigenvalue weighted by atomic mass is 10.0. The zero-order valence-corrected chi connectivity index (χ0v) is 18.1. The molecule has 4 rings (SSSR count). The van der Waals surface area contributed by atoms with E-state index >= 15 is 0 Å². The number of piperidine rings is 1. The van der Waals surface area contributed by atoms with Gasteiger partial charge in [0.1, 0.15) is 10.7 Å². The van der Waals surface area contributed by atoms with Crippen molar-refractivity contribution in [3.8, 4) is 11.1 Å². The van der Waals surface area contributed by atoms with E-state index in [-0.39, 0.29) is 11.6 Å². The zero-order valence-electron chi connectivity index (χ0n) is 17.3. The Bertz CT molecular complexity index is 1040. The second-order valence-corrected chi connectivity index (χ2v) is 9.27. The standard InChI is InChI=1S/C23H29N3OS/c1-5-6-19-24-22-21(23(27)26(19)18-11-13-25(4)14-12-18)20(16(3)28-22)17-9-7-15(2)8-10-17/h7-10,18H,5-6,11-14H2,1-4H3. The maximum absolute atomic E-state index is 13.8. The van der Waals surface area contributed by atoms with Crippen LogP contribution in [0.5, 0.6) is 0 Å². The molecule has 0 N–H and O–H groups in total. The lowest BCUT2D eigenvalue weighted by molar-refractivity contribution is 0.215. The number of nitrogens with zero attached hydrogens (tertiary/aromatic N) is 3. The van der Waals surface area contributed by atoms with Crippen LogP contribution in [0.3, 0.4) is 0 Å². The summed E-state index contributed by atoms with van der Waals surface area (Å²) in [4.78, 5) is 23.2. The molecule has 148 valence electrons. The number of hydrogen-bond donors (Lipinski definition) is 0. The van der Waals surface area contributed by atoms with E-state index in [1.165, 1.54) is 10.4 Å². The molecule has 1 saturated heterocycles. The Morgan fingerprint density at radius 1 is 1.14 bits per heavy atom. The number of aryl methyl sites for hydroxylation is 3. The van der Waals surface area contributed by atoms with Gasteiger partial charge >= 0.3 is 0 Å². The Morgan fingerprint density at radius 2 is 1.82 bits per heavy atom. The van der Waals surface area contributed by atoms with Gasteiger partial charge in [0.25, 0.3) is 5.56 Å². The summed E-state index contributed by atoms with van der Waals surface area (Å²) in [7, 11) is 2.16. The molecule has 4 nitrogen and oxygen atoms in total. The summed E-state index contributed by atoms with van der Waals surface area (Å²) in [6.45, 7) is 8.43. The first-order chi connectivity index (χ1) is 13.5. The quantitative estimate of drug-likeness (QED) is 0.626. The number of thiophene rings is 1. The highest BCUT2D eigenvalue weighted by molar-refractivity contribution is 7.19. The highest BCUT2D eigenvalue weighted by atomic mass is 32.1. The molecule has 0 aliphatic carbocycles. The predicted octanol–water partition coefficient (Wildman–Crippen LogP) is 4.96. The maximum Gasteiger partial charge on any atom is 0.263 e. The average molecular weight is 396 g/mol. The summed E-state index contributed by atoms with van der Waals surface area (Å²) in [5, 5.41) is 0.810. The monoisotopic (exact) mass is 395 g/mol. The fourth-order valence-corrected chi connectivity index (χ4v) is 5.37. The molecule has 2 aromatic heterocycles. The Labute approximate surface area is 170 Å². The van der Waals surface area contributed by atoms with Crippen LogP contribution < -0.4 is 5.56 Å². The fourth-order valence-electron chi connectivity index (χ4n) is 4.31. The SMILES string of the molecule is CCCc1nc2sc(C)c(-c3ccc(C)cc3)c2c(=O)n1C1CCN(C)CC1. The van der Waals surface area contributed by atoms with Crippen molar-refractivity contribution in [1.29, 1.82) is 0 Å². The van der Waals surface area contributed by atoms with E-state index in [9.17, 15) is 4.79 Å². The number of aromatic nitrogens is 2. The summed E-state index contributed by atoms with van der Waals surface area (Å²) < 4.78 is 2.04. The van der Waals surface area contributed by atoms with Crippen LogP contribution in [0.15, 0.2) is 29.1 Å². The van der Waals surface area contributed by atoms with Crippen LogP contribution in [0.1, 0.15) is 48.5 Å². The lowest BCUT2D eigenvalue weighted by Gasteiger charge is -2.31. The van der Waals surface area contributed by atoms with Crippen LogP contribution in [0.4, 0.5) is 0 Å². The number of benzene rings is 1. The van der Waals surface area contributed by atoms with Crippen molar-refractivity contribution in [3.05, 3.63) is 50.9 Å². The van der Waals surface area contributed by atoms with Gasteiger partial charge in [-0.25, -0.2) is 4.98 Å². The van der Waals surface area contributed by atoms with Gasteiger partial charge in [-0.2, -0.15) is 0 Å². The van der Waals surface area contributed by atoms with Crippen LogP contribution in [-0.2, 0) is 6.42 Å². The summed E-state index contributed by atoms with van der Waals surface area (Å²) >= 11 is 1.66. The van der Waals surface area contributed by atoms with Crippen molar-refractivity contribution in [3.63, 3.8) is 0 Å². The predicted molar refractivity (Wildman–Crippen MR) is 119 cm³/mol. The van der Waals surface area contributed by atoms with Gasteiger partial charge in [0.05, 0.1) is 5.39 Å². The van der Waals surface area contributed by atoms with Crippen molar-refractivity contribution in [2.45, 2.75) is 52.5 Å². The van der Waals surface area contributed by atoms with Crippen LogP contribution in [-0.4, -0.2) is 34.6 Å². The van der Waals surface area contributed by atoms with Crippen molar-refractivity contribution in [1.82, 2.24) is 14.5 Å². The summed E-state index contributed by atoms with van der Waals surface area (Å²) in [6.07, 6.45) is 3.89. The van der Waals surface area contributed by atoms with E-state index in [0.717, 1.165) is 65.9 Å². The zero-order chi connectivity index (χ0) is 19.8. The molecular weight excluding hydrogens is 366 g/mol. The van der Waals surface area contributed by atoms with Crippen molar-refractivity contribution >= 4 is 21.6 Å². The molecule has 3 heterocycles. The van der Waals surface area contributed by atoms with Crippen LogP contribution in [0.2, 0.25) is 0 Å². The van der Waals surface area contributed by atoms with Gasteiger partial charge in [-0.05, 0) is 58.8 Å². The Hall–Kier alpha value is -1.98. The smallest absolute Gasteiger partial charge is 0.263 e. The molecular formula is C23H29N3OS. The van der Waals surface area contributed by atoms with E-state index in [1.807, 2.05) is 4.57 Å². The third-order valence-corrected chi connectivity index (χ3v) is 6.87. The van der Waals surface area contributed by atoms with Gasteiger partial charge < -0.3 is 4.90 Å². The summed E-state index contributed by atoms with van der Waals surface area (Å²) in [5.41, 5.74) is 3.57. The molecule has 1 aromatic carbocycles. The number of rotatable bonds is 4. The van der Waals surface area contributed by atoms with Crippen LogP contribution >= 0.6 is 11.3 Å². The van der Waals surface area contributed by atoms with Gasteiger partial charge in [0.15, 0.2) is 0 Å². The second-order valence-electron chi connectivity index (χ2n) is 8.07. The van der Waals surface area contributed by atoms with Crippen molar-refractivity contribution in [2.75, 3.05) is 20.1 Å². The maximum atomic E-state index is 13.8. The van der Waals surface area contributed by atoms with Crippen LogP contribution in [0, 0.1) is 13.8 Å². The highest BCUT2D eigenvalue weighted by Gasteiger charge is 2.25. The third-order valence-electron chi connectivity index (χ3n) is 5.87. The van der Waals surface area contributed by atoms with Crippen LogP contribution in [0.25, 0.3) is 21.3 Å². The highest BCUT2D eigenvalue weighted by Crippen LogP contribution is 2.36. The molecule has 0 bridgehead atoms. The van der Waals surface area contributed by atoms with E-state index in [4.69, 9.17) is 4.98 Å². The summed E-state index contributed by atoms with van der Waals surface area (Å²) in [6, 6.07) is 8.75. The minimum absolute atomic E-state index is 0.155. The van der Waals surface area contributed by atoms with Gasteiger partial charge in [-0.3, -0.25) is 9.36 Å². The third kappa shape index (κ3) is 3.42. The average Bonchev–Trinajstić information content (AvgIpc) is 3.00. The molecule has 0 radical (unpaired) electrons. The molecule has 1 fully saturated rings. The van der Waals surface area contributed by atoms with Crippen molar-refractivity contribution < 1.29 is 0 Å². The first-order valence-electron chi connectivity index (χ1n) is 10.3. The molecule has 0 atom stereocenters. The van der Waals surface area contributed by atoms with E-state index in [2.05, 4.69) is 57.0 Å². The Kier molecular flexibility index (Phi) is 5.39. The summed E-state index contributed by atoms with van der Waals surface area (Å²) in [5.74, 6) is 0.964. The minimum Gasteiger partial charge on any atom is -0.306 e. The van der Waals surface area contributed by atoms with Gasteiger partial charge in [0, 0.05) is 22.9 Å². The largest absolute Gasteiger partial charge is 0.306 e. The van der Waals surface area contributed by atoms with E-state index in [0.29, 0.717) is 0 Å². The molecule has 28 heavy (non-hydrogen) atoms. The first kappa shape index (κ1) is 19.3. The normalized spacial score (nSPS) is 16.1.